The number of nitrogens with one attached hydrogen (secondary N) is 1. The van der Waals surface area contributed by atoms with Gasteiger partial charge in [0.2, 0.25) is 5.91 Å². The molecule has 0 aliphatic heterocycles. The SMILES string of the molecule is CCCCCCC/C=C/C=C/C=C/CCCCCCCC(=O)OC(CCC/C=C/C=C/CCCCCCCCC)CC(=O)NC(CO)C(O)CCCCCCCCCCCCCCC. The van der Waals surface area contributed by atoms with Gasteiger partial charge in [-0.05, 0) is 70.6 Å². The van der Waals surface area contributed by atoms with E-state index in [0.717, 1.165) is 77.0 Å². The second-order valence-electron chi connectivity index (χ2n) is 18.7. The minimum absolute atomic E-state index is 0.0356. The van der Waals surface area contributed by atoms with E-state index in [1.165, 1.54) is 148 Å². The van der Waals surface area contributed by atoms with Crippen LogP contribution < -0.4 is 5.32 Å². The molecule has 64 heavy (non-hydrogen) atoms. The number of rotatable bonds is 49. The van der Waals surface area contributed by atoms with Crippen LogP contribution >= 0.6 is 0 Å². The van der Waals surface area contributed by atoms with Crippen LogP contribution in [0.4, 0.5) is 0 Å². The van der Waals surface area contributed by atoms with Gasteiger partial charge in [0.15, 0.2) is 0 Å². The van der Waals surface area contributed by atoms with Gasteiger partial charge in [0.05, 0.1) is 25.2 Å². The van der Waals surface area contributed by atoms with Gasteiger partial charge in [0.1, 0.15) is 6.10 Å². The van der Waals surface area contributed by atoms with Crippen LogP contribution in [0.1, 0.15) is 271 Å². The number of allylic oxidation sites excluding steroid dienone is 10. The molecule has 3 atom stereocenters. The zero-order valence-corrected chi connectivity index (χ0v) is 42.4. The molecule has 0 aromatic rings. The van der Waals surface area contributed by atoms with E-state index in [1.807, 2.05) is 0 Å². The maximum absolute atomic E-state index is 13.2. The predicted octanol–water partition coefficient (Wildman–Crippen LogP) is 16.8. The third kappa shape index (κ3) is 46.1. The average molecular weight is 896 g/mol. The van der Waals surface area contributed by atoms with Crippen molar-refractivity contribution in [2.75, 3.05) is 6.61 Å². The number of aliphatic hydroxyl groups is 2. The highest BCUT2D eigenvalue weighted by atomic mass is 16.5. The zero-order chi connectivity index (χ0) is 46.7. The molecule has 0 aromatic carbocycles. The van der Waals surface area contributed by atoms with Crippen LogP contribution in [0.5, 0.6) is 0 Å². The highest BCUT2D eigenvalue weighted by Crippen LogP contribution is 2.17. The van der Waals surface area contributed by atoms with E-state index in [0.29, 0.717) is 19.3 Å². The Hall–Kier alpha value is -2.44. The summed E-state index contributed by atoms with van der Waals surface area (Å²) in [6, 6.07) is -0.721. The summed E-state index contributed by atoms with van der Waals surface area (Å²) in [6.07, 6.45) is 64.3. The minimum Gasteiger partial charge on any atom is -0.462 e. The van der Waals surface area contributed by atoms with Gasteiger partial charge in [-0.25, -0.2) is 0 Å². The molecular formula is C58H105NO5. The third-order valence-electron chi connectivity index (χ3n) is 12.4. The van der Waals surface area contributed by atoms with Crippen molar-refractivity contribution in [3.63, 3.8) is 0 Å². The molecule has 3 N–H and O–H groups in total. The van der Waals surface area contributed by atoms with E-state index in [-0.39, 0.29) is 24.9 Å². The van der Waals surface area contributed by atoms with E-state index in [9.17, 15) is 19.8 Å². The van der Waals surface area contributed by atoms with Gasteiger partial charge in [-0.3, -0.25) is 9.59 Å². The lowest BCUT2D eigenvalue weighted by molar-refractivity contribution is -0.151. The molecule has 372 valence electrons. The van der Waals surface area contributed by atoms with Crippen LogP contribution in [0.25, 0.3) is 0 Å². The van der Waals surface area contributed by atoms with Gasteiger partial charge in [0.25, 0.3) is 0 Å². The minimum atomic E-state index is -0.804. The first kappa shape index (κ1) is 61.6. The Balaban J connectivity index is 4.66. The summed E-state index contributed by atoms with van der Waals surface area (Å²) in [6.45, 7) is 6.45. The van der Waals surface area contributed by atoms with Crippen molar-refractivity contribution < 1.29 is 24.5 Å². The molecule has 0 aromatic heterocycles. The zero-order valence-electron chi connectivity index (χ0n) is 42.4. The van der Waals surface area contributed by atoms with Gasteiger partial charge in [-0.2, -0.15) is 0 Å². The maximum atomic E-state index is 13.2. The van der Waals surface area contributed by atoms with E-state index < -0.39 is 18.2 Å². The number of carbonyl (C=O) groups is 2. The van der Waals surface area contributed by atoms with E-state index in [2.05, 4.69) is 86.8 Å². The lowest BCUT2D eigenvalue weighted by Crippen LogP contribution is -2.46. The van der Waals surface area contributed by atoms with E-state index in [4.69, 9.17) is 4.74 Å². The lowest BCUT2D eigenvalue weighted by atomic mass is 10.0. The largest absolute Gasteiger partial charge is 0.462 e. The Morgan fingerprint density at radius 2 is 0.812 bits per heavy atom. The lowest BCUT2D eigenvalue weighted by Gasteiger charge is -2.24. The first-order chi connectivity index (χ1) is 31.5. The van der Waals surface area contributed by atoms with Crippen molar-refractivity contribution in [2.24, 2.45) is 0 Å². The smallest absolute Gasteiger partial charge is 0.306 e. The molecule has 6 nitrogen and oxygen atoms in total. The number of aliphatic hydroxyl groups excluding tert-OH is 2. The Morgan fingerprint density at radius 1 is 0.453 bits per heavy atom. The summed E-state index contributed by atoms with van der Waals surface area (Å²) in [5, 5.41) is 23.8. The van der Waals surface area contributed by atoms with Crippen LogP contribution in [0.15, 0.2) is 60.8 Å². The Labute approximate surface area is 397 Å². The highest BCUT2D eigenvalue weighted by molar-refractivity contribution is 5.77. The molecule has 1 amide bonds. The fourth-order valence-electron chi connectivity index (χ4n) is 8.19. The number of unbranched alkanes of at least 4 members (excludes halogenated alkanes) is 30. The summed E-state index contributed by atoms with van der Waals surface area (Å²) < 4.78 is 5.91. The van der Waals surface area contributed by atoms with Crippen molar-refractivity contribution in [3.05, 3.63) is 60.8 Å². The second-order valence-corrected chi connectivity index (χ2v) is 18.7. The highest BCUT2D eigenvalue weighted by Gasteiger charge is 2.24. The number of amides is 1. The van der Waals surface area contributed by atoms with Crippen LogP contribution in [0.3, 0.4) is 0 Å². The first-order valence-electron chi connectivity index (χ1n) is 27.6. The maximum Gasteiger partial charge on any atom is 0.306 e. The summed E-state index contributed by atoms with van der Waals surface area (Å²) in [5.74, 6) is -0.540. The van der Waals surface area contributed by atoms with Crippen molar-refractivity contribution in [1.82, 2.24) is 5.32 Å². The standard InChI is InChI=1S/C58H105NO5/c1-4-7-10-13-16-19-22-25-27-28-29-30-33-36-39-42-45-48-51-58(63)64-54(49-46-43-40-37-34-32-26-23-20-17-14-11-8-5-2)52-57(62)59-55(53-60)56(61)50-47-44-41-38-35-31-24-21-18-15-12-9-6-3/h22,25,27-30,32,34,37,40,54-56,60-61H,4-21,23-24,26,31,33,35-36,38-39,41-53H2,1-3H3,(H,59,62)/b25-22+,28-27+,30-29+,34-32+,40-37+. The van der Waals surface area contributed by atoms with Gasteiger partial charge in [0, 0.05) is 6.42 Å². The van der Waals surface area contributed by atoms with Gasteiger partial charge in [-0.1, -0.05) is 248 Å². The average Bonchev–Trinajstić information content (AvgIpc) is 3.29. The molecule has 0 rings (SSSR count). The quantitative estimate of drug-likeness (QED) is 0.0321. The van der Waals surface area contributed by atoms with E-state index >= 15 is 0 Å². The number of esters is 1. The van der Waals surface area contributed by atoms with E-state index in [1.54, 1.807) is 0 Å². The van der Waals surface area contributed by atoms with Crippen LogP contribution in [-0.2, 0) is 14.3 Å². The molecular weight excluding hydrogens is 791 g/mol. The van der Waals surface area contributed by atoms with Gasteiger partial charge >= 0.3 is 5.97 Å². The van der Waals surface area contributed by atoms with Gasteiger partial charge in [-0.15, -0.1) is 0 Å². The topological polar surface area (TPSA) is 95.9 Å². The Kier molecular flexibility index (Phi) is 49.6. The number of carbonyl (C=O) groups excluding carboxylic acids is 2. The molecule has 0 saturated heterocycles. The van der Waals surface area contributed by atoms with Gasteiger partial charge < -0.3 is 20.3 Å². The molecule has 0 saturated carbocycles. The summed E-state index contributed by atoms with van der Waals surface area (Å²) in [7, 11) is 0. The molecule has 0 aliphatic carbocycles. The normalized spacial score (nSPS) is 13.6. The fourth-order valence-corrected chi connectivity index (χ4v) is 8.19. The first-order valence-corrected chi connectivity index (χ1v) is 27.6. The third-order valence-corrected chi connectivity index (χ3v) is 12.4. The van der Waals surface area contributed by atoms with Crippen molar-refractivity contribution >= 4 is 11.9 Å². The van der Waals surface area contributed by atoms with Crippen molar-refractivity contribution in [2.45, 2.75) is 289 Å². The summed E-state index contributed by atoms with van der Waals surface area (Å²) in [4.78, 5) is 26.2. The second kappa shape index (κ2) is 51.5. The molecule has 0 aliphatic rings. The Bertz CT molecular complexity index is 1140. The van der Waals surface area contributed by atoms with Crippen LogP contribution in [0.2, 0.25) is 0 Å². The Morgan fingerprint density at radius 3 is 1.23 bits per heavy atom. The monoisotopic (exact) mass is 896 g/mol. The summed E-state index contributed by atoms with van der Waals surface area (Å²) >= 11 is 0. The molecule has 6 heteroatoms. The fraction of sp³-hybridized carbons (Fsp3) is 0.793. The molecule has 0 heterocycles. The van der Waals surface area contributed by atoms with Crippen LogP contribution in [-0.4, -0.2) is 46.9 Å². The number of ether oxygens (including phenoxy) is 1. The predicted molar refractivity (Wildman–Crippen MR) is 278 cm³/mol. The molecule has 0 bridgehead atoms. The van der Waals surface area contributed by atoms with Crippen molar-refractivity contribution in [1.29, 1.82) is 0 Å². The number of hydrogen-bond acceptors (Lipinski definition) is 5. The molecule has 0 radical (unpaired) electrons. The van der Waals surface area contributed by atoms with Crippen molar-refractivity contribution in [3.8, 4) is 0 Å². The molecule has 0 spiro atoms. The summed E-state index contributed by atoms with van der Waals surface area (Å²) in [5.41, 5.74) is 0. The molecule has 3 unspecified atom stereocenters. The molecule has 0 fully saturated rings. The van der Waals surface area contributed by atoms with Crippen LogP contribution in [0, 0.1) is 0 Å². The number of hydrogen-bond donors (Lipinski definition) is 3.